The summed E-state index contributed by atoms with van der Waals surface area (Å²) in [6, 6.07) is 4.66. The fraction of sp³-hybridized carbons (Fsp3) is 0. The minimum Gasteiger partial charge on any atom is -0.411 e. The largest absolute Gasteiger partial charge is 0.411 e. The Morgan fingerprint density at radius 1 is 1.55 bits per heavy atom. The van der Waals surface area contributed by atoms with E-state index in [-0.39, 0.29) is 11.4 Å². The van der Waals surface area contributed by atoms with Gasteiger partial charge >= 0.3 is 0 Å². The van der Waals surface area contributed by atoms with Crippen molar-refractivity contribution in [1.29, 1.82) is 0 Å². The summed E-state index contributed by atoms with van der Waals surface area (Å²) in [5, 5.41) is 10.8. The number of rotatable bonds is 1. The SMILES string of the molecule is O/N=C/c1ccc(I)cc1F. The van der Waals surface area contributed by atoms with Crippen LogP contribution in [0.5, 0.6) is 0 Å². The molecule has 0 atom stereocenters. The van der Waals surface area contributed by atoms with E-state index in [2.05, 4.69) is 5.16 Å². The third-order valence-corrected chi connectivity index (χ3v) is 1.83. The molecule has 0 aromatic heterocycles. The maximum Gasteiger partial charge on any atom is 0.133 e. The molecule has 1 rings (SSSR count). The molecule has 4 heteroatoms. The van der Waals surface area contributed by atoms with Crippen molar-refractivity contribution in [2.75, 3.05) is 0 Å². The molecule has 58 valence electrons. The van der Waals surface area contributed by atoms with Gasteiger partial charge in [0.05, 0.1) is 6.21 Å². The van der Waals surface area contributed by atoms with Crippen LogP contribution in [-0.4, -0.2) is 11.4 Å². The fourth-order valence-corrected chi connectivity index (χ4v) is 1.12. The van der Waals surface area contributed by atoms with Crippen LogP contribution in [0.1, 0.15) is 5.56 Å². The lowest BCUT2D eigenvalue weighted by Gasteiger charge is -1.94. The molecule has 0 saturated heterocycles. The first kappa shape index (κ1) is 8.45. The molecule has 11 heavy (non-hydrogen) atoms. The van der Waals surface area contributed by atoms with Gasteiger partial charge in [-0.15, -0.1) is 0 Å². The maximum atomic E-state index is 12.8. The van der Waals surface area contributed by atoms with Crippen LogP contribution in [0, 0.1) is 9.39 Å². The molecule has 1 aromatic rings. The Morgan fingerprint density at radius 3 is 2.82 bits per heavy atom. The topological polar surface area (TPSA) is 32.6 Å². The summed E-state index contributed by atoms with van der Waals surface area (Å²) in [5.74, 6) is -0.380. The minimum atomic E-state index is -0.380. The minimum absolute atomic E-state index is 0.285. The summed E-state index contributed by atoms with van der Waals surface area (Å²) in [4.78, 5) is 0. The van der Waals surface area contributed by atoms with Crippen LogP contribution in [0.4, 0.5) is 4.39 Å². The molecule has 1 aromatic carbocycles. The monoisotopic (exact) mass is 265 g/mol. The average molecular weight is 265 g/mol. The molecular weight excluding hydrogens is 260 g/mol. The first-order chi connectivity index (χ1) is 5.24. The van der Waals surface area contributed by atoms with Crippen molar-refractivity contribution >= 4 is 28.8 Å². The highest BCUT2D eigenvalue weighted by Crippen LogP contribution is 2.10. The van der Waals surface area contributed by atoms with Crippen molar-refractivity contribution in [3.8, 4) is 0 Å². The third-order valence-electron chi connectivity index (χ3n) is 1.16. The van der Waals surface area contributed by atoms with E-state index < -0.39 is 0 Å². The molecule has 0 fully saturated rings. The second kappa shape index (κ2) is 3.66. The molecule has 0 aliphatic rings. The lowest BCUT2D eigenvalue weighted by Crippen LogP contribution is -1.88. The van der Waals surface area contributed by atoms with Gasteiger partial charge in [0.1, 0.15) is 5.82 Å². The van der Waals surface area contributed by atoms with Gasteiger partial charge < -0.3 is 5.21 Å². The summed E-state index contributed by atoms with van der Waals surface area (Å²) in [7, 11) is 0. The van der Waals surface area contributed by atoms with Crippen molar-refractivity contribution in [2.45, 2.75) is 0 Å². The van der Waals surface area contributed by atoms with Gasteiger partial charge in [0.25, 0.3) is 0 Å². The average Bonchev–Trinajstić information content (AvgIpc) is 1.95. The van der Waals surface area contributed by atoms with E-state index >= 15 is 0 Å². The van der Waals surface area contributed by atoms with Gasteiger partial charge in [0.2, 0.25) is 0 Å². The lowest BCUT2D eigenvalue weighted by molar-refractivity contribution is 0.321. The first-order valence-corrected chi connectivity index (χ1v) is 3.94. The Balaban J connectivity index is 3.09. The number of nitrogens with zero attached hydrogens (tertiary/aromatic N) is 1. The van der Waals surface area contributed by atoms with Crippen molar-refractivity contribution in [3.05, 3.63) is 33.1 Å². The van der Waals surface area contributed by atoms with Crippen molar-refractivity contribution < 1.29 is 9.60 Å². The molecular formula is C7H5FINO. The van der Waals surface area contributed by atoms with Gasteiger partial charge in [-0.05, 0) is 40.8 Å². The molecule has 2 nitrogen and oxygen atoms in total. The second-order valence-corrected chi connectivity index (χ2v) is 3.16. The molecule has 1 N–H and O–H groups in total. The Kier molecular flexibility index (Phi) is 2.81. The zero-order chi connectivity index (χ0) is 8.27. The van der Waals surface area contributed by atoms with Crippen LogP contribution in [0.2, 0.25) is 0 Å². The number of benzene rings is 1. The van der Waals surface area contributed by atoms with E-state index in [0.717, 1.165) is 9.78 Å². The third kappa shape index (κ3) is 2.14. The highest BCUT2D eigenvalue weighted by Gasteiger charge is 1.98. The smallest absolute Gasteiger partial charge is 0.133 e. The van der Waals surface area contributed by atoms with Crippen LogP contribution in [0.15, 0.2) is 23.4 Å². The summed E-state index contributed by atoms with van der Waals surface area (Å²) in [5.41, 5.74) is 0.285. The van der Waals surface area contributed by atoms with E-state index in [9.17, 15) is 4.39 Å². The molecule has 0 aliphatic heterocycles. The van der Waals surface area contributed by atoms with Crippen molar-refractivity contribution in [1.82, 2.24) is 0 Å². The van der Waals surface area contributed by atoms with Crippen LogP contribution < -0.4 is 0 Å². The maximum absolute atomic E-state index is 12.8. The predicted octanol–water partition coefficient (Wildman–Crippen LogP) is 2.24. The summed E-state index contributed by atoms with van der Waals surface area (Å²) >= 11 is 2.00. The Labute approximate surface area is 76.9 Å². The molecule has 0 heterocycles. The Bertz CT molecular complexity index is 288. The van der Waals surface area contributed by atoms with Crippen molar-refractivity contribution in [3.63, 3.8) is 0 Å². The molecule has 0 spiro atoms. The number of oxime groups is 1. The van der Waals surface area contributed by atoms with E-state index in [1.807, 2.05) is 22.6 Å². The van der Waals surface area contributed by atoms with Crippen LogP contribution >= 0.6 is 22.6 Å². The van der Waals surface area contributed by atoms with E-state index in [1.165, 1.54) is 6.07 Å². The molecule has 0 amide bonds. The van der Waals surface area contributed by atoms with E-state index in [0.29, 0.717) is 0 Å². The molecule has 0 unspecified atom stereocenters. The summed E-state index contributed by atoms with van der Waals surface area (Å²) < 4.78 is 13.6. The van der Waals surface area contributed by atoms with Crippen LogP contribution in [0.25, 0.3) is 0 Å². The van der Waals surface area contributed by atoms with E-state index in [1.54, 1.807) is 12.1 Å². The van der Waals surface area contributed by atoms with Crippen molar-refractivity contribution in [2.24, 2.45) is 5.16 Å². The lowest BCUT2D eigenvalue weighted by atomic mass is 10.2. The first-order valence-electron chi connectivity index (χ1n) is 2.86. The van der Waals surface area contributed by atoms with Gasteiger partial charge in [-0.3, -0.25) is 0 Å². The summed E-state index contributed by atoms with van der Waals surface area (Å²) in [6.07, 6.45) is 1.06. The highest BCUT2D eigenvalue weighted by molar-refractivity contribution is 14.1. The predicted molar refractivity (Wildman–Crippen MR) is 48.5 cm³/mol. The normalized spacial score (nSPS) is 10.7. The molecule has 0 aliphatic carbocycles. The quantitative estimate of drug-likeness (QED) is 0.359. The van der Waals surface area contributed by atoms with Gasteiger partial charge in [0.15, 0.2) is 0 Å². The second-order valence-electron chi connectivity index (χ2n) is 1.91. The molecule has 0 radical (unpaired) electrons. The van der Waals surface area contributed by atoms with Gasteiger partial charge in [-0.1, -0.05) is 5.16 Å². The zero-order valence-corrected chi connectivity index (χ0v) is 7.62. The van der Waals surface area contributed by atoms with Crippen LogP contribution in [-0.2, 0) is 0 Å². The van der Waals surface area contributed by atoms with E-state index in [4.69, 9.17) is 5.21 Å². The zero-order valence-electron chi connectivity index (χ0n) is 5.46. The number of hydrogen-bond acceptors (Lipinski definition) is 2. The molecule has 0 bridgehead atoms. The Morgan fingerprint density at radius 2 is 2.27 bits per heavy atom. The fourth-order valence-electron chi connectivity index (χ4n) is 0.668. The highest BCUT2D eigenvalue weighted by atomic mass is 127. The van der Waals surface area contributed by atoms with Gasteiger partial charge in [0, 0.05) is 9.13 Å². The van der Waals surface area contributed by atoms with Gasteiger partial charge in [-0.2, -0.15) is 0 Å². The number of halogens is 2. The van der Waals surface area contributed by atoms with Crippen LogP contribution in [0.3, 0.4) is 0 Å². The summed E-state index contributed by atoms with van der Waals surface area (Å²) in [6.45, 7) is 0. The number of hydrogen-bond donors (Lipinski definition) is 1. The van der Waals surface area contributed by atoms with Gasteiger partial charge in [-0.25, -0.2) is 4.39 Å². The standard InChI is InChI=1S/C7H5FINO/c8-7-3-6(9)2-1-5(7)4-10-11/h1-4,11H/b10-4+. The molecule has 0 saturated carbocycles. The Hall–Kier alpha value is -0.650.